The highest BCUT2D eigenvalue weighted by Gasteiger charge is 2.56. The van der Waals surface area contributed by atoms with Gasteiger partial charge in [-0.15, -0.1) is 0 Å². The van der Waals surface area contributed by atoms with Crippen LogP contribution in [-0.2, 0) is 5.41 Å². The van der Waals surface area contributed by atoms with Crippen molar-refractivity contribution in [2.45, 2.75) is 18.0 Å². The molecule has 1 atom stereocenters. The molecule has 0 heterocycles. The lowest BCUT2D eigenvalue weighted by atomic mass is 9.75. The van der Waals surface area contributed by atoms with Crippen molar-refractivity contribution >= 4 is 5.78 Å². The second kappa shape index (κ2) is 8.32. The minimum absolute atomic E-state index is 0.157. The summed E-state index contributed by atoms with van der Waals surface area (Å²) in [5.74, 6) is 3.48. The molecule has 0 aliphatic carbocycles. The second-order valence-electron chi connectivity index (χ2n) is 6.49. The zero-order valence-corrected chi connectivity index (χ0v) is 15.2. The van der Waals surface area contributed by atoms with E-state index in [1.807, 2.05) is 0 Å². The van der Waals surface area contributed by atoms with Gasteiger partial charge >= 0.3 is 6.18 Å². The molecular weight excluding hydrogens is 380 g/mol. The SMILES string of the molecule is O=C(C[C@](C#Cc1ccccc1)(c1ccc(F)cc1)C(F)(F)F)c1ccccc1. The first-order chi connectivity index (χ1) is 13.8. The van der Waals surface area contributed by atoms with Crippen LogP contribution in [0.15, 0.2) is 84.9 Å². The first-order valence-corrected chi connectivity index (χ1v) is 8.81. The van der Waals surface area contributed by atoms with E-state index < -0.39 is 29.6 Å². The van der Waals surface area contributed by atoms with E-state index in [9.17, 15) is 22.4 Å². The number of benzene rings is 3. The molecule has 0 N–H and O–H groups in total. The number of ketones is 1. The highest BCUT2D eigenvalue weighted by Crippen LogP contribution is 2.44. The normalized spacial score (nSPS) is 13.1. The molecule has 0 radical (unpaired) electrons. The van der Waals surface area contributed by atoms with Gasteiger partial charge in [-0.05, 0) is 29.8 Å². The Morgan fingerprint density at radius 2 is 1.34 bits per heavy atom. The molecule has 1 nitrogen and oxygen atoms in total. The monoisotopic (exact) mass is 396 g/mol. The van der Waals surface area contributed by atoms with Crippen LogP contribution in [0.25, 0.3) is 0 Å². The van der Waals surface area contributed by atoms with Crippen LogP contribution in [-0.4, -0.2) is 12.0 Å². The number of alkyl halides is 3. The van der Waals surface area contributed by atoms with Gasteiger partial charge in [0.2, 0.25) is 0 Å². The van der Waals surface area contributed by atoms with Gasteiger partial charge in [0.15, 0.2) is 11.2 Å². The van der Waals surface area contributed by atoms with Crippen molar-refractivity contribution in [3.63, 3.8) is 0 Å². The largest absolute Gasteiger partial charge is 0.409 e. The summed E-state index contributed by atoms with van der Waals surface area (Å²) in [5.41, 5.74) is -2.51. The second-order valence-corrected chi connectivity index (χ2v) is 6.49. The van der Waals surface area contributed by atoms with Crippen molar-refractivity contribution in [1.82, 2.24) is 0 Å². The van der Waals surface area contributed by atoms with Gasteiger partial charge in [-0.3, -0.25) is 4.79 Å². The number of carbonyl (C=O) groups is 1. The number of carbonyl (C=O) groups excluding carboxylic acids is 1. The van der Waals surface area contributed by atoms with Gasteiger partial charge in [0, 0.05) is 17.5 Å². The topological polar surface area (TPSA) is 17.1 Å². The molecule has 3 aromatic rings. The molecule has 0 amide bonds. The zero-order chi connectivity index (χ0) is 20.9. The molecule has 0 saturated heterocycles. The Labute approximate surface area is 166 Å². The molecule has 0 aliphatic heterocycles. The van der Waals surface area contributed by atoms with Gasteiger partial charge in [-0.1, -0.05) is 72.5 Å². The van der Waals surface area contributed by atoms with Crippen LogP contribution >= 0.6 is 0 Å². The molecular formula is C24H16F4O. The fourth-order valence-electron chi connectivity index (χ4n) is 2.95. The third-order valence-corrected chi connectivity index (χ3v) is 4.54. The number of hydrogen-bond donors (Lipinski definition) is 0. The maximum absolute atomic E-state index is 14.4. The lowest BCUT2D eigenvalue weighted by Gasteiger charge is -2.31. The first-order valence-electron chi connectivity index (χ1n) is 8.81. The van der Waals surface area contributed by atoms with Crippen LogP contribution < -0.4 is 0 Å². The minimum Gasteiger partial charge on any atom is -0.294 e. The first kappa shape index (κ1) is 20.3. The molecule has 0 fully saturated rings. The Bertz CT molecular complexity index is 1030. The smallest absolute Gasteiger partial charge is 0.294 e. The molecule has 0 aliphatic rings. The Morgan fingerprint density at radius 3 is 1.90 bits per heavy atom. The summed E-state index contributed by atoms with van der Waals surface area (Å²) >= 11 is 0. The fraction of sp³-hybridized carbons (Fsp3) is 0.125. The van der Waals surface area contributed by atoms with Crippen molar-refractivity contribution in [3.8, 4) is 11.8 Å². The lowest BCUT2D eigenvalue weighted by Crippen LogP contribution is -2.43. The summed E-state index contributed by atoms with van der Waals surface area (Å²) in [6.07, 6.45) is -5.77. The van der Waals surface area contributed by atoms with Crippen molar-refractivity contribution in [1.29, 1.82) is 0 Å². The predicted octanol–water partition coefficient (Wildman–Crippen LogP) is 5.95. The summed E-state index contributed by atoms with van der Waals surface area (Å²) in [6.45, 7) is 0. The predicted molar refractivity (Wildman–Crippen MR) is 103 cm³/mol. The van der Waals surface area contributed by atoms with E-state index >= 15 is 0 Å². The van der Waals surface area contributed by atoms with E-state index in [1.165, 1.54) is 12.1 Å². The molecule has 3 aromatic carbocycles. The van der Waals surface area contributed by atoms with Crippen LogP contribution in [0.3, 0.4) is 0 Å². The molecule has 0 bridgehead atoms. The molecule has 29 heavy (non-hydrogen) atoms. The summed E-state index contributed by atoms with van der Waals surface area (Å²) < 4.78 is 56.5. The Morgan fingerprint density at radius 1 is 0.793 bits per heavy atom. The molecule has 0 unspecified atom stereocenters. The molecule has 5 heteroatoms. The van der Waals surface area contributed by atoms with Crippen molar-refractivity contribution in [2.24, 2.45) is 0 Å². The number of halogens is 4. The van der Waals surface area contributed by atoms with Crippen LogP contribution in [0.4, 0.5) is 17.6 Å². The Kier molecular flexibility index (Phi) is 5.84. The van der Waals surface area contributed by atoms with Crippen LogP contribution in [0, 0.1) is 17.7 Å². The molecule has 146 valence electrons. The van der Waals surface area contributed by atoms with Crippen molar-refractivity contribution in [3.05, 3.63) is 107 Å². The third-order valence-electron chi connectivity index (χ3n) is 4.54. The standard InChI is InChI=1S/C24H16F4O/c25-21-13-11-20(12-14-21)23(24(26,27)28,16-15-18-7-3-1-4-8-18)17-22(29)19-9-5-2-6-10-19/h1-14H,17H2/t23-/m1/s1. The fourth-order valence-corrected chi connectivity index (χ4v) is 2.95. The molecule has 0 spiro atoms. The Balaban J connectivity index is 2.16. The molecule has 0 saturated carbocycles. The van der Waals surface area contributed by atoms with E-state index in [1.54, 1.807) is 48.5 Å². The van der Waals surface area contributed by atoms with Crippen LogP contribution in [0.2, 0.25) is 0 Å². The van der Waals surface area contributed by atoms with Gasteiger partial charge in [0.05, 0.1) is 0 Å². The number of rotatable bonds is 4. The van der Waals surface area contributed by atoms with Gasteiger partial charge in [0.25, 0.3) is 0 Å². The van der Waals surface area contributed by atoms with Crippen LogP contribution in [0.5, 0.6) is 0 Å². The summed E-state index contributed by atoms with van der Waals surface area (Å²) in [6, 6.07) is 19.9. The van der Waals surface area contributed by atoms with E-state index in [0.717, 1.165) is 24.3 Å². The maximum Gasteiger partial charge on any atom is 0.409 e. The minimum atomic E-state index is -4.86. The summed E-state index contributed by atoms with van der Waals surface area (Å²) in [4.78, 5) is 12.7. The van der Waals surface area contributed by atoms with Crippen LogP contribution in [0.1, 0.15) is 27.9 Å². The van der Waals surface area contributed by atoms with Crippen molar-refractivity contribution < 1.29 is 22.4 Å². The summed E-state index contributed by atoms with van der Waals surface area (Å²) in [5, 5.41) is 0. The lowest BCUT2D eigenvalue weighted by molar-refractivity contribution is -0.172. The van der Waals surface area contributed by atoms with Gasteiger partial charge in [-0.2, -0.15) is 13.2 Å². The number of Topliss-reactive ketones (excluding diaryl/α,β-unsaturated/α-hetero) is 1. The van der Waals surface area contributed by atoms with E-state index in [0.29, 0.717) is 5.56 Å². The van der Waals surface area contributed by atoms with E-state index in [4.69, 9.17) is 0 Å². The Hall–Kier alpha value is -3.39. The highest BCUT2D eigenvalue weighted by molar-refractivity contribution is 5.97. The highest BCUT2D eigenvalue weighted by atomic mass is 19.4. The van der Waals surface area contributed by atoms with Crippen molar-refractivity contribution in [2.75, 3.05) is 0 Å². The maximum atomic E-state index is 14.4. The number of hydrogen-bond acceptors (Lipinski definition) is 1. The van der Waals surface area contributed by atoms with Gasteiger partial charge in [0.1, 0.15) is 5.82 Å². The quantitative estimate of drug-likeness (QED) is 0.303. The average Bonchev–Trinajstić information content (AvgIpc) is 2.72. The van der Waals surface area contributed by atoms with E-state index in [2.05, 4.69) is 11.8 Å². The zero-order valence-electron chi connectivity index (χ0n) is 15.2. The van der Waals surface area contributed by atoms with Gasteiger partial charge < -0.3 is 0 Å². The molecule has 3 rings (SSSR count). The van der Waals surface area contributed by atoms with E-state index in [-0.39, 0.29) is 11.1 Å². The summed E-state index contributed by atoms with van der Waals surface area (Å²) in [7, 11) is 0. The van der Waals surface area contributed by atoms with Gasteiger partial charge in [-0.25, -0.2) is 4.39 Å². The third kappa shape index (κ3) is 4.55. The average molecular weight is 396 g/mol. The molecule has 0 aromatic heterocycles.